The number of carbonyl (C=O) groups excluding carboxylic acids is 1. The van der Waals surface area contributed by atoms with Crippen LogP contribution >= 0.6 is 0 Å². The number of nitrogens with zero attached hydrogens (tertiary/aromatic N) is 2. The van der Waals surface area contributed by atoms with Crippen LogP contribution in [0.25, 0.3) is 0 Å². The highest BCUT2D eigenvalue weighted by atomic mass is 16.4. The molecule has 1 atom stereocenters. The van der Waals surface area contributed by atoms with Crippen molar-refractivity contribution in [3.8, 4) is 6.07 Å². The Bertz CT molecular complexity index is 548. The normalized spacial score (nSPS) is 12.1. The summed E-state index contributed by atoms with van der Waals surface area (Å²) in [5.41, 5.74) is 0.697. The van der Waals surface area contributed by atoms with E-state index >= 15 is 0 Å². The average Bonchev–Trinajstić information content (AvgIpc) is 2.44. The monoisotopic (exact) mass is 274 g/mol. The molecule has 0 spiro atoms. The smallest absolute Gasteiger partial charge is 0.325 e. The van der Waals surface area contributed by atoms with Crippen LogP contribution in [0.2, 0.25) is 0 Å². The maximum Gasteiger partial charge on any atom is 0.325 e. The van der Waals surface area contributed by atoms with Crippen molar-refractivity contribution in [2.24, 2.45) is 0 Å². The molecule has 104 valence electrons. The van der Waals surface area contributed by atoms with Crippen molar-refractivity contribution in [2.75, 3.05) is 0 Å². The molecule has 0 aliphatic rings. The second-order valence-electron chi connectivity index (χ2n) is 3.95. The lowest BCUT2D eigenvalue weighted by atomic mass is 10.2. The summed E-state index contributed by atoms with van der Waals surface area (Å²) in [6, 6.07) is 4.26. The van der Waals surface area contributed by atoms with Gasteiger partial charge >= 0.3 is 5.97 Å². The van der Waals surface area contributed by atoms with Gasteiger partial charge in [-0.1, -0.05) is 6.07 Å². The SMILES string of the molecule is CC(NC(=O)/C(C#N)=C\NCc1cccnc1)C(=O)O. The molecule has 3 N–H and O–H groups in total. The third-order valence-electron chi connectivity index (χ3n) is 2.36. The highest BCUT2D eigenvalue weighted by molar-refractivity contribution is 5.99. The quantitative estimate of drug-likeness (QED) is 0.503. The van der Waals surface area contributed by atoms with Crippen LogP contribution in [0.15, 0.2) is 36.3 Å². The second-order valence-corrected chi connectivity index (χ2v) is 3.95. The van der Waals surface area contributed by atoms with Gasteiger partial charge in [0.15, 0.2) is 0 Å². The molecule has 0 aromatic carbocycles. The fraction of sp³-hybridized carbons (Fsp3) is 0.231. The third-order valence-corrected chi connectivity index (χ3v) is 2.36. The molecule has 1 rings (SSSR count). The standard InChI is InChI=1S/C13H14N4O3/c1-9(13(19)20)17-12(18)11(5-14)8-16-7-10-3-2-4-15-6-10/h2-4,6,8-9,16H,7H2,1H3,(H,17,18)(H,19,20)/b11-8-. The van der Waals surface area contributed by atoms with E-state index in [1.807, 2.05) is 6.07 Å². The Balaban J connectivity index is 2.57. The molecule has 1 amide bonds. The van der Waals surface area contributed by atoms with E-state index in [1.165, 1.54) is 13.1 Å². The van der Waals surface area contributed by atoms with Crippen molar-refractivity contribution in [3.05, 3.63) is 41.9 Å². The van der Waals surface area contributed by atoms with Crippen LogP contribution in [-0.4, -0.2) is 28.0 Å². The van der Waals surface area contributed by atoms with Gasteiger partial charge in [0, 0.05) is 25.1 Å². The number of hydrogen-bond acceptors (Lipinski definition) is 5. The van der Waals surface area contributed by atoms with Crippen molar-refractivity contribution in [1.82, 2.24) is 15.6 Å². The number of aromatic nitrogens is 1. The van der Waals surface area contributed by atoms with Crippen LogP contribution in [0.5, 0.6) is 0 Å². The molecule has 7 nitrogen and oxygen atoms in total. The Morgan fingerprint density at radius 3 is 2.90 bits per heavy atom. The van der Waals surface area contributed by atoms with Crippen LogP contribution in [-0.2, 0) is 16.1 Å². The summed E-state index contributed by atoms with van der Waals surface area (Å²) in [5.74, 6) is -1.90. The van der Waals surface area contributed by atoms with Crippen molar-refractivity contribution in [1.29, 1.82) is 5.26 Å². The van der Waals surface area contributed by atoms with Crippen LogP contribution in [0.3, 0.4) is 0 Å². The van der Waals surface area contributed by atoms with Crippen molar-refractivity contribution in [2.45, 2.75) is 19.5 Å². The number of carbonyl (C=O) groups is 2. The molecule has 20 heavy (non-hydrogen) atoms. The Labute approximate surface area is 115 Å². The van der Waals surface area contributed by atoms with E-state index in [1.54, 1.807) is 24.5 Å². The molecule has 0 radical (unpaired) electrons. The molecular weight excluding hydrogens is 260 g/mol. The summed E-state index contributed by atoms with van der Waals surface area (Å²) in [4.78, 5) is 26.1. The first-order valence-corrected chi connectivity index (χ1v) is 5.81. The van der Waals surface area contributed by atoms with Gasteiger partial charge < -0.3 is 15.7 Å². The average molecular weight is 274 g/mol. The highest BCUT2D eigenvalue weighted by Gasteiger charge is 2.16. The minimum Gasteiger partial charge on any atom is -0.480 e. The molecular formula is C13H14N4O3. The van der Waals surface area contributed by atoms with E-state index in [9.17, 15) is 9.59 Å². The molecule has 0 aliphatic heterocycles. The second kappa shape index (κ2) is 7.53. The van der Waals surface area contributed by atoms with E-state index in [0.29, 0.717) is 6.54 Å². The van der Waals surface area contributed by atoms with Gasteiger partial charge in [-0.15, -0.1) is 0 Å². The molecule has 1 aromatic heterocycles. The number of carboxylic acids is 1. The zero-order valence-corrected chi connectivity index (χ0v) is 10.8. The van der Waals surface area contributed by atoms with Gasteiger partial charge in [0.05, 0.1) is 0 Å². The van der Waals surface area contributed by atoms with E-state index in [4.69, 9.17) is 10.4 Å². The van der Waals surface area contributed by atoms with Gasteiger partial charge in [-0.2, -0.15) is 5.26 Å². The topological polar surface area (TPSA) is 115 Å². The summed E-state index contributed by atoms with van der Waals surface area (Å²) in [6.45, 7) is 1.72. The van der Waals surface area contributed by atoms with Crippen LogP contribution in [0.1, 0.15) is 12.5 Å². The zero-order chi connectivity index (χ0) is 15.0. The molecule has 1 heterocycles. The molecule has 0 saturated carbocycles. The number of carboxylic acid groups (broad SMARTS) is 1. The maximum atomic E-state index is 11.6. The first kappa shape index (κ1) is 15.2. The largest absolute Gasteiger partial charge is 0.480 e. The Kier molecular flexibility index (Phi) is 5.72. The lowest BCUT2D eigenvalue weighted by Gasteiger charge is -2.08. The van der Waals surface area contributed by atoms with Gasteiger partial charge in [0.2, 0.25) is 0 Å². The fourth-order valence-corrected chi connectivity index (χ4v) is 1.26. The van der Waals surface area contributed by atoms with Crippen LogP contribution in [0.4, 0.5) is 0 Å². The first-order valence-electron chi connectivity index (χ1n) is 5.81. The lowest BCUT2D eigenvalue weighted by Crippen LogP contribution is -2.39. The zero-order valence-electron chi connectivity index (χ0n) is 10.8. The predicted molar refractivity (Wildman–Crippen MR) is 70.0 cm³/mol. The Morgan fingerprint density at radius 1 is 1.60 bits per heavy atom. The molecule has 1 aromatic rings. The molecule has 7 heteroatoms. The van der Waals surface area contributed by atoms with E-state index in [0.717, 1.165) is 5.56 Å². The van der Waals surface area contributed by atoms with Gasteiger partial charge in [-0.25, -0.2) is 0 Å². The minimum atomic E-state index is -1.17. The van der Waals surface area contributed by atoms with Crippen molar-refractivity contribution < 1.29 is 14.7 Å². The van der Waals surface area contributed by atoms with Gasteiger partial charge in [-0.05, 0) is 18.6 Å². The summed E-state index contributed by atoms with van der Waals surface area (Å²) in [5, 5.41) is 22.5. The molecule has 1 unspecified atom stereocenters. The van der Waals surface area contributed by atoms with Gasteiger partial charge in [-0.3, -0.25) is 14.6 Å². The third kappa shape index (κ3) is 4.78. The number of amides is 1. The number of aliphatic carboxylic acids is 1. The molecule has 0 bridgehead atoms. The molecule has 0 fully saturated rings. The number of hydrogen-bond donors (Lipinski definition) is 3. The van der Waals surface area contributed by atoms with E-state index in [-0.39, 0.29) is 5.57 Å². The first-order chi connectivity index (χ1) is 9.54. The van der Waals surface area contributed by atoms with Gasteiger partial charge in [0.25, 0.3) is 5.91 Å². The number of pyridine rings is 1. The predicted octanol–water partition coefficient (Wildman–Crippen LogP) is 0.168. The summed E-state index contributed by atoms with van der Waals surface area (Å²) >= 11 is 0. The number of nitrogens with one attached hydrogen (secondary N) is 2. The fourth-order valence-electron chi connectivity index (χ4n) is 1.26. The van der Waals surface area contributed by atoms with E-state index < -0.39 is 17.9 Å². The molecule has 0 aliphatic carbocycles. The lowest BCUT2D eigenvalue weighted by molar-refractivity contribution is -0.140. The highest BCUT2D eigenvalue weighted by Crippen LogP contribution is 1.97. The summed E-state index contributed by atoms with van der Waals surface area (Å²) in [6.07, 6.45) is 4.54. The van der Waals surface area contributed by atoms with Crippen LogP contribution < -0.4 is 10.6 Å². The maximum absolute atomic E-state index is 11.6. The number of nitriles is 1. The van der Waals surface area contributed by atoms with E-state index in [2.05, 4.69) is 15.6 Å². The molecule has 0 saturated heterocycles. The Hall–Kier alpha value is -2.88. The summed E-state index contributed by atoms with van der Waals surface area (Å²) < 4.78 is 0. The van der Waals surface area contributed by atoms with Crippen LogP contribution in [0, 0.1) is 11.3 Å². The number of rotatable bonds is 6. The van der Waals surface area contributed by atoms with Crippen molar-refractivity contribution >= 4 is 11.9 Å². The van der Waals surface area contributed by atoms with Crippen molar-refractivity contribution in [3.63, 3.8) is 0 Å². The minimum absolute atomic E-state index is 0.193. The Morgan fingerprint density at radius 2 is 2.35 bits per heavy atom. The summed E-state index contributed by atoms with van der Waals surface area (Å²) in [7, 11) is 0. The van der Waals surface area contributed by atoms with Gasteiger partial charge in [0.1, 0.15) is 17.7 Å².